The van der Waals surface area contributed by atoms with E-state index in [1.54, 1.807) is 0 Å². The van der Waals surface area contributed by atoms with Crippen LogP contribution in [0.5, 0.6) is 0 Å². The molecule has 1 atom stereocenters. The van der Waals surface area contributed by atoms with E-state index in [0.717, 1.165) is 12.7 Å². The zero-order valence-electron chi connectivity index (χ0n) is 10.1. The molecule has 0 aliphatic carbocycles. The van der Waals surface area contributed by atoms with E-state index in [4.69, 9.17) is 0 Å². The maximum atomic E-state index is 13.8. The maximum absolute atomic E-state index is 13.8. The van der Waals surface area contributed by atoms with Crippen molar-refractivity contribution >= 4 is 15.9 Å². The van der Waals surface area contributed by atoms with E-state index < -0.39 is 35.5 Å². The molecule has 2 rings (SSSR count). The lowest BCUT2D eigenvalue weighted by Crippen LogP contribution is -2.46. The van der Waals surface area contributed by atoms with Crippen molar-refractivity contribution in [3.8, 4) is 0 Å². The second kappa shape index (κ2) is 5.34. The smallest absolute Gasteiger partial charge is 0.375 e. The molecular weight excluding hydrogens is 365 g/mol. The Bertz CT molecular complexity index is 646. The monoisotopic (exact) mass is 371 g/mol. The van der Waals surface area contributed by atoms with Gasteiger partial charge >= 0.3 is 6.18 Å². The van der Waals surface area contributed by atoms with E-state index in [1.165, 1.54) is 0 Å². The number of hydrogen-bond donors (Lipinski definition) is 1. The summed E-state index contributed by atoms with van der Waals surface area (Å²) in [4.78, 5) is 3.43. The van der Waals surface area contributed by atoms with Gasteiger partial charge in [0, 0.05) is 5.56 Å². The summed E-state index contributed by atoms with van der Waals surface area (Å²) in [5, 5.41) is 13.4. The van der Waals surface area contributed by atoms with Gasteiger partial charge in [-0.1, -0.05) is 0 Å². The van der Waals surface area contributed by atoms with E-state index in [9.17, 15) is 27.1 Å². The third-order valence-electron chi connectivity index (χ3n) is 2.78. The van der Waals surface area contributed by atoms with Crippen molar-refractivity contribution in [3.05, 3.63) is 46.5 Å². The van der Waals surface area contributed by atoms with Gasteiger partial charge in [0.1, 0.15) is 24.3 Å². The number of hydrogen-bond acceptors (Lipinski definition) is 3. The molecule has 0 aliphatic rings. The van der Waals surface area contributed by atoms with E-state index in [2.05, 4.69) is 26.0 Å². The van der Waals surface area contributed by atoms with Crippen LogP contribution in [-0.4, -0.2) is 26.0 Å². The highest BCUT2D eigenvalue weighted by Gasteiger charge is 2.57. The van der Waals surface area contributed by atoms with Gasteiger partial charge in [0.2, 0.25) is 5.60 Å². The van der Waals surface area contributed by atoms with Crippen LogP contribution in [0.25, 0.3) is 0 Å². The number of aliphatic hydroxyl groups is 1. The van der Waals surface area contributed by atoms with Crippen molar-refractivity contribution in [2.45, 2.75) is 18.3 Å². The molecule has 21 heavy (non-hydrogen) atoms. The number of halogens is 6. The lowest BCUT2D eigenvalue weighted by Gasteiger charge is -2.31. The molecule has 1 aromatic carbocycles. The van der Waals surface area contributed by atoms with Gasteiger partial charge in [-0.05, 0) is 28.1 Å². The first-order valence-corrected chi connectivity index (χ1v) is 6.21. The van der Waals surface area contributed by atoms with E-state index in [1.807, 2.05) is 0 Å². The Balaban J connectivity index is 2.58. The molecule has 1 unspecified atom stereocenters. The van der Waals surface area contributed by atoms with Gasteiger partial charge in [-0.15, -0.1) is 0 Å². The Hall–Kier alpha value is -1.55. The first kappa shape index (κ1) is 15.8. The molecule has 0 saturated carbocycles. The van der Waals surface area contributed by atoms with Crippen LogP contribution in [0, 0.1) is 11.6 Å². The number of aromatic nitrogens is 3. The molecule has 0 amide bonds. The summed E-state index contributed by atoms with van der Waals surface area (Å²) in [5.74, 6) is -2.53. The van der Waals surface area contributed by atoms with Crippen LogP contribution in [0.4, 0.5) is 22.0 Å². The minimum absolute atomic E-state index is 0.295. The van der Waals surface area contributed by atoms with Gasteiger partial charge in [0.25, 0.3) is 0 Å². The molecule has 0 fully saturated rings. The highest BCUT2D eigenvalue weighted by molar-refractivity contribution is 9.10. The minimum Gasteiger partial charge on any atom is -0.375 e. The van der Waals surface area contributed by atoms with Gasteiger partial charge in [-0.2, -0.15) is 18.3 Å². The largest absolute Gasteiger partial charge is 0.423 e. The van der Waals surface area contributed by atoms with E-state index in [-0.39, 0.29) is 4.47 Å². The summed E-state index contributed by atoms with van der Waals surface area (Å²) in [6, 6.07) is 0.812. The fraction of sp³-hybridized carbons (Fsp3) is 0.273. The average molecular weight is 372 g/mol. The first-order valence-electron chi connectivity index (χ1n) is 5.41. The molecule has 0 bridgehead atoms. The van der Waals surface area contributed by atoms with Crippen LogP contribution >= 0.6 is 15.9 Å². The third kappa shape index (κ3) is 2.91. The van der Waals surface area contributed by atoms with Gasteiger partial charge in [-0.3, -0.25) is 0 Å². The minimum atomic E-state index is -5.25. The summed E-state index contributed by atoms with van der Waals surface area (Å²) in [7, 11) is 0. The second-order valence-electron chi connectivity index (χ2n) is 4.20. The van der Waals surface area contributed by atoms with Crippen molar-refractivity contribution in [1.82, 2.24) is 14.8 Å². The molecule has 114 valence electrons. The molecule has 1 aromatic heterocycles. The number of nitrogens with zero attached hydrogens (tertiary/aromatic N) is 3. The van der Waals surface area contributed by atoms with E-state index in [0.29, 0.717) is 16.8 Å². The topological polar surface area (TPSA) is 50.9 Å². The molecule has 1 N–H and O–H groups in total. The fourth-order valence-electron chi connectivity index (χ4n) is 1.72. The Morgan fingerprint density at radius 1 is 1.19 bits per heavy atom. The van der Waals surface area contributed by atoms with Crippen molar-refractivity contribution in [3.63, 3.8) is 0 Å². The highest BCUT2D eigenvalue weighted by atomic mass is 79.9. The quantitative estimate of drug-likeness (QED) is 0.666. The Morgan fingerprint density at radius 2 is 1.86 bits per heavy atom. The molecular formula is C11H7BrF5N3O. The summed E-state index contributed by atoms with van der Waals surface area (Å²) in [6.07, 6.45) is -3.38. The van der Waals surface area contributed by atoms with Crippen molar-refractivity contribution in [2.75, 3.05) is 0 Å². The average Bonchev–Trinajstić information content (AvgIpc) is 2.84. The Kier molecular flexibility index (Phi) is 4.02. The summed E-state index contributed by atoms with van der Waals surface area (Å²) in [6.45, 7) is -1.16. The Labute approximate surface area is 123 Å². The van der Waals surface area contributed by atoms with Gasteiger partial charge in [0.15, 0.2) is 0 Å². The van der Waals surface area contributed by atoms with Crippen molar-refractivity contribution in [1.29, 1.82) is 0 Å². The normalized spacial score (nSPS) is 15.0. The predicted octanol–water partition coefficient (Wildman–Crippen LogP) is 2.77. The van der Waals surface area contributed by atoms with Crippen LogP contribution in [0.1, 0.15) is 5.56 Å². The van der Waals surface area contributed by atoms with Gasteiger partial charge in [0.05, 0.1) is 11.0 Å². The summed E-state index contributed by atoms with van der Waals surface area (Å²) < 4.78 is 67.1. The predicted molar refractivity (Wildman–Crippen MR) is 64.0 cm³/mol. The molecule has 1 heterocycles. The molecule has 0 radical (unpaired) electrons. The zero-order valence-corrected chi connectivity index (χ0v) is 11.7. The number of rotatable bonds is 3. The molecule has 10 heteroatoms. The maximum Gasteiger partial charge on any atom is 0.423 e. The third-order valence-corrected chi connectivity index (χ3v) is 3.39. The van der Waals surface area contributed by atoms with Crippen LogP contribution < -0.4 is 0 Å². The second-order valence-corrected chi connectivity index (χ2v) is 5.05. The van der Waals surface area contributed by atoms with Gasteiger partial charge in [-0.25, -0.2) is 18.4 Å². The highest BCUT2D eigenvalue weighted by Crippen LogP contribution is 2.42. The molecule has 0 spiro atoms. The van der Waals surface area contributed by atoms with Crippen molar-refractivity contribution < 1.29 is 27.1 Å². The van der Waals surface area contributed by atoms with Crippen LogP contribution in [0.2, 0.25) is 0 Å². The summed E-state index contributed by atoms with van der Waals surface area (Å²) >= 11 is 2.65. The van der Waals surface area contributed by atoms with Crippen LogP contribution in [0.3, 0.4) is 0 Å². The SMILES string of the molecule is OC(Cn1cncn1)(c1cc(F)c(Br)cc1F)C(F)(F)F. The number of benzene rings is 1. The first-order chi connectivity index (χ1) is 9.65. The standard InChI is InChI=1S/C11H7BrF5N3O/c12-7-2-8(13)6(1-9(7)14)10(21,11(15,16)17)3-20-5-18-4-19-20/h1-2,4-5,21H,3H2. The number of alkyl halides is 3. The van der Waals surface area contributed by atoms with E-state index >= 15 is 0 Å². The van der Waals surface area contributed by atoms with Crippen LogP contribution in [-0.2, 0) is 12.1 Å². The molecule has 4 nitrogen and oxygen atoms in total. The Morgan fingerprint density at radius 3 is 2.38 bits per heavy atom. The van der Waals surface area contributed by atoms with Gasteiger partial charge < -0.3 is 5.11 Å². The molecule has 0 aliphatic heterocycles. The molecule has 2 aromatic rings. The summed E-state index contributed by atoms with van der Waals surface area (Å²) in [5.41, 5.74) is -4.88. The zero-order chi connectivity index (χ0) is 15.8. The lowest BCUT2D eigenvalue weighted by atomic mass is 9.92. The fourth-order valence-corrected chi connectivity index (χ4v) is 2.03. The molecule has 0 saturated heterocycles. The lowest BCUT2D eigenvalue weighted by molar-refractivity contribution is -0.273. The van der Waals surface area contributed by atoms with Crippen molar-refractivity contribution in [2.24, 2.45) is 0 Å². The van der Waals surface area contributed by atoms with Crippen LogP contribution in [0.15, 0.2) is 29.3 Å².